The molecular formula is C15H20ClN3O. The van der Waals surface area contributed by atoms with E-state index in [-0.39, 0.29) is 5.91 Å². The van der Waals surface area contributed by atoms with Crippen molar-refractivity contribution in [2.75, 3.05) is 38.0 Å². The topological polar surface area (TPSA) is 44.4 Å². The van der Waals surface area contributed by atoms with Gasteiger partial charge in [-0.15, -0.1) is 0 Å². The minimum absolute atomic E-state index is 0.0173. The molecular weight excluding hydrogens is 274 g/mol. The van der Waals surface area contributed by atoms with Crippen LogP contribution in [0.2, 0.25) is 5.02 Å². The number of anilines is 1. The molecule has 2 aliphatic heterocycles. The van der Waals surface area contributed by atoms with Crippen molar-refractivity contribution >= 4 is 23.2 Å². The molecule has 0 spiro atoms. The summed E-state index contributed by atoms with van der Waals surface area (Å²) in [5.41, 5.74) is 1.79. The maximum Gasteiger partial charge on any atom is 0.238 e. The van der Waals surface area contributed by atoms with Crippen LogP contribution in [0.15, 0.2) is 18.2 Å². The lowest BCUT2D eigenvalue weighted by molar-refractivity contribution is -0.117. The van der Waals surface area contributed by atoms with E-state index in [0.717, 1.165) is 31.7 Å². The number of carbonyl (C=O) groups excluding carboxylic acids is 1. The Morgan fingerprint density at radius 1 is 1.40 bits per heavy atom. The molecule has 3 rings (SSSR count). The Balaban J connectivity index is 1.55. The van der Waals surface area contributed by atoms with E-state index < -0.39 is 0 Å². The quantitative estimate of drug-likeness (QED) is 0.892. The van der Waals surface area contributed by atoms with Gasteiger partial charge in [0, 0.05) is 13.1 Å². The lowest BCUT2D eigenvalue weighted by Crippen LogP contribution is -2.33. The lowest BCUT2D eigenvalue weighted by atomic mass is 10.0. The van der Waals surface area contributed by atoms with Crippen LogP contribution in [0.25, 0.3) is 0 Å². The van der Waals surface area contributed by atoms with Crippen molar-refractivity contribution in [3.05, 3.63) is 28.8 Å². The molecule has 0 bridgehead atoms. The summed E-state index contributed by atoms with van der Waals surface area (Å²) < 4.78 is 0. The highest BCUT2D eigenvalue weighted by atomic mass is 35.5. The smallest absolute Gasteiger partial charge is 0.238 e. The first kappa shape index (κ1) is 13.9. The Morgan fingerprint density at radius 3 is 2.75 bits per heavy atom. The zero-order chi connectivity index (χ0) is 14.1. The number of fused-ring (bicyclic) bond motifs is 1. The van der Waals surface area contributed by atoms with Crippen molar-refractivity contribution < 1.29 is 4.79 Å². The van der Waals surface area contributed by atoms with Gasteiger partial charge in [0.2, 0.25) is 5.91 Å². The highest BCUT2D eigenvalue weighted by Crippen LogP contribution is 2.26. The van der Waals surface area contributed by atoms with Crippen LogP contribution in [0.5, 0.6) is 0 Å². The molecule has 0 radical (unpaired) electrons. The Labute approximate surface area is 124 Å². The molecule has 2 heterocycles. The molecule has 2 N–H and O–H groups in total. The van der Waals surface area contributed by atoms with E-state index in [0.29, 0.717) is 29.1 Å². The average molecular weight is 294 g/mol. The summed E-state index contributed by atoms with van der Waals surface area (Å²) in [4.78, 5) is 14.3. The van der Waals surface area contributed by atoms with Crippen LogP contribution in [0.3, 0.4) is 0 Å². The highest BCUT2D eigenvalue weighted by molar-refractivity contribution is 6.33. The number of rotatable bonds is 3. The molecule has 1 amide bonds. The third-order valence-electron chi connectivity index (χ3n) is 4.23. The monoisotopic (exact) mass is 293 g/mol. The van der Waals surface area contributed by atoms with Crippen LogP contribution in [-0.2, 0) is 4.79 Å². The first-order chi connectivity index (χ1) is 9.61. The largest absolute Gasteiger partial charge is 0.324 e. The normalized spacial score (nSPS) is 25.7. The Kier molecular flexibility index (Phi) is 3.96. The van der Waals surface area contributed by atoms with E-state index in [4.69, 9.17) is 11.6 Å². The molecule has 2 fully saturated rings. The SMILES string of the molecule is Cc1ccc(NC(=O)CN2C[C@H]3CNC[C@H]3C2)c(Cl)c1. The molecule has 2 saturated heterocycles. The third kappa shape index (κ3) is 2.97. The molecule has 2 aliphatic rings. The zero-order valence-corrected chi connectivity index (χ0v) is 12.4. The molecule has 4 nitrogen and oxygen atoms in total. The summed E-state index contributed by atoms with van der Waals surface area (Å²) in [5, 5.41) is 6.91. The van der Waals surface area contributed by atoms with Gasteiger partial charge in [-0.05, 0) is 49.5 Å². The molecule has 1 aromatic carbocycles. The maximum atomic E-state index is 12.1. The number of aryl methyl sites for hydroxylation is 1. The van der Waals surface area contributed by atoms with E-state index in [2.05, 4.69) is 15.5 Å². The van der Waals surface area contributed by atoms with Gasteiger partial charge in [0.25, 0.3) is 0 Å². The van der Waals surface area contributed by atoms with Crippen LogP contribution in [0, 0.1) is 18.8 Å². The predicted molar refractivity (Wildman–Crippen MR) is 81.1 cm³/mol. The van der Waals surface area contributed by atoms with Crippen LogP contribution >= 0.6 is 11.6 Å². The van der Waals surface area contributed by atoms with Crippen molar-refractivity contribution in [2.24, 2.45) is 11.8 Å². The number of carbonyl (C=O) groups is 1. The maximum absolute atomic E-state index is 12.1. The average Bonchev–Trinajstić information content (AvgIpc) is 2.93. The summed E-state index contributed by atoms with van der Waals surface area (Å²) in [5.74, 6) is 1.44. The number of hydrogen-bond acceptors (Lipinski definition) is 3. The molecule has 0 aromatic heterocycles. The van der Waals surface area contributed by atoms with Crippen molar-refractivity contribution in [3.63, 3.8) is 0 Å². The number of benzene rings is 1. The van der Waals surface area contributed by atoms with E-state index >= 15 is 0 Å². The molecule has 0 unspecified atom stereocenters. The molecule has 108 valence electrons. The second kappa shape index (κ2) is 5.72. The van der Waals surface area contributed by atoms with Gasteiger partial charge in [-0.2, -0.15) is 0 Å². The standard InChI is InChI=1S/C15H20ClN3O/c1-10-2-3-14(13(16)4-10)18-15(20)9-19-7-11-5-17-6-12(11)8-19/h2-4,11-12,17H,5-9H2,1H3,(H,18,20)/t11-,12+. The molecule has 0 aliphatic carbocycles. The number of likely N-dealkylation sites (tertiary alicyclic amines) is 1. The van der Waals surface area contributed by atoms with Crippen LogP contribution in [0.1, 0.15) is 5.56 Å². The van der Waals surface area contributed by atoms with Gasteiger partial charge in [-0.1, -0.05) is 17.7 Å². The van der Waals surface area contributed by atoms with E-state index in [9.17, 15) is 4.79 Å². The summed E-state index contributed by atoms with van der Waals surface area (Å²) >= 11 is 6.13. The first-order valence-corrected chi connectivity index (χ1v) is 7.48. The predicted octanol–water partition coefficient (Wildman–Crippen LogP) is 1.74. The van der Waals surface area contributed by atoms with E-state index in [1.54, 1.807) is 0 Å². The minimum Gasteiger partial charge on any atom is -0.324 e. The van der Waals surface area contributed by atoms with Gasteiger partial charge in [-0.3, -0.25) is 9.69 Å². The van der Waals surface area contributed by atoms with Crippen molar-refractivity contribution in [1.82, 2.24) is 10.2 Å². The van der Waals surface area contributed by atoms with Crippen LogP contribution in [-0.4, -0.2) is 43.5 Å². The van der Waals surface area contributed by atoms with E-state index in [1.807, 2.05) is 25.1 Å². The second-order valence-electron chi connectivity index (χ2n) is 5.90. The third-order valence-corrected chi connectivity index (χ3v) is 4.54. The van der Waals surface area contributed by atoms with Gasteiger partial charge in [0.05, 0.1) is 17.3 Å². The minimum atomic E-state index is 0.0173. The lowest BCUT2D eigenvalue weighted by Gasteiger charge is -2.16. The summed E-state index contributed by atoms with van der Waals surface area (Å²) in [7, 11) is 0. The van der Waals surface area contributed by atoms with Crippen molar-refractivity contribution in [3.8, 4) is 0 Å². The number of nitrogens with zero attached hydrogens (tertiary/aromatic N) is 1. The zero-order valence-electron chi connectivity index (χ0n) is 11.7. The number of amides is 1. The fourth-order valence-corrected chi connectivity index (χ4v) is 3.48. The van der Waals surface area contributed by atoms with E-state index in [1.165, 1.54) is 0 Å². The fourth-order valence-electron chi connectivity index (χ4n) is 3.20. The Bertz CT molecular complexity index is 508. The highest BCUT2D eigenvalue weighted by Gasteiger charge is 2.36. The number of hydrogen-bond donors (Lipinski definition) is 2. The van der Waals surface area contributed by atoms with Gasteiger partial charge in [0.1, 0.15) is 0 Å². The van der Waals surface area contributed by atoms with Gasteiger partial charge < -0.3 is 10.6 Å². The van der Waals surface area contributed by atoms with Crippen LogP contribution in [0.4, 0.5) is 5.69 Å². The summed E-state index contributed by atoms with van der Waals surface area (Å²) in [6.07, 6.45) is 0. The van der Waals surface area contributed by atoms with Crippen LogP contribution < -0.4 is 10.6 Å². The number of nitrogens with one attached hydrogen (secondary N) is 2. The number of halogens is 1. The van der Waals surface area contributed by atoms with Gasteiger partial charge >= 0.3 is 0 Å². The summed E-state index contributed by atoms with van der Waals surface area (Å²) in [6, 6.07) is 5.68. The second-order valence-corrected chi connectivity index (χ2v) is 6.31. The van der Waals surface area contributed by atoms with Gasteiger partial charge in [-0.25, -0.2) is 0 Å². The summed E-state index contributed by atoms with van der Waals surface area (Å²) in [6.45, 7) is 6.66. The van der Waals surface area contributed by atoms with Crippen molar-refractivity contribution in [1.29, 1.82) is 0 Å². The molecule has 20 heavy (non-hydrogen) atoms. The van der Waals surface area contributed by atoms with Crippen molar-refractivity contribution in [2.45, 2.75) is 6.92 Å². The molecule has 1 aromatic rings. The molecule has 2 atom stereocenters. The Morgan fingerprint density at radius 2 is 2.10 bits per heavy atom. The fraction of sp³-hybridized carbons (Fsp3) is 0.533. The first-order valence-electron chi connectivity index (χ1n) is 7.11. The molecule has 5 heteroatoms. The molecule has 0 saturated carbocycles. The van der Waals surface area contributed by atoms with Gasteiger partial charge in [0.15, 0.2) is 0 Å². The Hall–Kier alpha value is -1.10.